The van der Waals surface area contributed by atoms with Crippen LogP contribution in [0.1, 0.15) is 34.7 Å². The first-order valence-electron chi connectivity index (χ1n) is 5.17. The van der Waals surface area contributed by atoms with E-state index in [-0.39, 0.29) is 5.78 Å². The van der Waals surface area contributed by atoms with Gasteiger partial charge in [-0.2, -0.15) is 0 Å². The van der Waals surface area contributed by atoms with Crippen molar-refractivity contribution in [3.8, 4) is 0 Å². The maximum atomic E-state index is 11.4. The maximum absolute atomic E-state index is 11.4. The molecule has 0 aliphatic carbocycles. The van der Waals surface area contributed by atoms with Gasteiger partial charge in [0, 0.05) is 12.5 Å². The fraction of sp³-hybridized carbons (Fsp3) is 0.385. The molecule has 1 heterocycles. The van der Waals surface area contributed by atoms with Crippen LogP contribution in [0.4, 0.5) is 0 Å². The normalized spacial score (nSPS) is 13.7. The molecule has 2 heteroatoms. The molecule has 0 bridgehead atoms. The number of rotatable bonds is 1. The Morgan fingerprint density at radius 3 is 2.53 bits per heavy atom. The number of carbonyl (C=O) groups is 1. The lowest BCUT2D eigenvalue weighted by molar-refractivity contribution is -0.111. The molecule has 1 aliphatic rings. The van der Waals surface area contributed by atoms with Gasteiger partial charge in [0.1, 0.15) is 5.71 Å². The second-order valence-corrected chi connectivity index (χ2v) is 4.20. The average molecular weight is 201 g/mol. The smallest absolute Gasteiger partial charge is 0.178 e. The van der Waals surface area contributed by atoms with Gasteiger partial charge in [0.15, 0.2) is 5.78 Å². The summed E-state index contributed by atoms with van der Waals surface area (Å²) < 4.78 is 0. The fourth-order valence-electron chi connectivity index (χ4n) is 2.15. The van der Waals surface area contributed by atoms with Crippen LogP contribution < -0.4 is 0 Å². The molecule has 0 radical (unpaired) electrons. The van der Waals surface area contributed by atoms with Crippen LogP contribution in [0.3, 0.4) is 0 Å². The van der Waals surface area contributed by atoms with E-state index in [4.69, 9.17) is 0 Å². The van der Waals surface area contributed by atoms with E-state index in [0.717, 1.165) is 5.56 Å². The Bertz CT molecular complexity index is 484. The minimum Gasteiger partial charge on any atom is -0.293 e. The van der Waals surface area contributed by atoms with Crippen LogP contribution in [-0.2, 0) is 11.3 Å². The highest BCUT2D eigenvalue weighted by molar-refractivity contribution is 6.46. The molecule has 0 aromatic heterocycles. The lowest BCUT2D eigenvalue weighted by Crippen LogP contribution is -2.12. The third-order valence-corrected chi connectivity index (χ3v) is 3.22. The molecule has 2 rings (SSSR count). The number of hydrogen-bond donors (Lipinski definition) is 0. The largest absolute Gasteiger partial charge is 0.293 e. The van der Waals surface area contributed by atoms with Gasteiger partial charge >= 0.3 is 0 Å². The Hall–Kier alpha value is -1.44. The molecule has 0 spiro atoms. The summed E-state index contributed by atoms with van der Waals surface area (Å²) in [4.78, 5) is 15.7. The first kappa shape index (κ1) is 10.1. The number of Topliss-reactive ketones (excluding diaryl/α,β-unsaturated/α-hetero) is 1. The van der Waals surface area contributed by atoms with Gasteiger partial charge in [0.05, 0.1) is 6.54 Å². The zero-order valence-electron chi connectivity index (χ0n) is 9.64. The van der Waals surface area contributed by atoms with Gasteiger partial charge in [-0.15, -0.1) is 0 Å². The van der Waals surface area contributed by atoms with Gasteiger partial charge < -0.3 is 0 Å². The van der Waals surface area contributed by atoms with Gasteiger partial charge in [-0.3, -0.25) is 9.79 Å². The Morgan fingerprint density at radius 2 is 1.93 bits per heavy atom. The molecule has 0 fully saturated rings. The second-order valence-electron chi connectivity index (χ2n) is 4.20. The van der Waals surface area contributed by atoms with Crippen molar-refractivity contribution in [2.45, 2.75) is 34.2 Å². The van der Waals surface area contributed by atoms with Gasteiger partial charge in [-0.25, -0.2) is 0 Å². The maximum Gasteiger partial charge on any atom is 0.178 e. The molecular formula is C13H15NO. The van der Waals surface area contributed by atoms with Crippen LogP contribution >= 0.6 is 0 Å². The Labute approximate surface area is 90.0 Å². The first-order valence-corrected chi connectivity index (χ1v) is 5.17. The number of benzene rings is 1. The summed E-state index contributed by atoms with van der Waals surface area (Å²) in [7, 11) is 0. The molecule has 1 aromatic carbocycles. The predicted octanol–water partition coefficient (Wildman–Crippen LogP) is 2.50. The lowest BCUT2D eigenvalue weighted by atomic mass is 9.92. The monoisotopic (exact) mass is 201 g/mol. The third kappa shape index (κ3) is 1.41. The molecule has 0 N–H and O–H groups in total. The Kier molecular flexibility index (Phi) is 2.22. The quantitative estimate of drug-likeness (QED) is 0.686. The molecule has 1 aliphatic heterocycles. The molecule has 0 saturated carbocycles. The summed E-state index contributed by atoms with van der Waals surface area (Å²) in [6.45, 7) is 8.52. The Balaban J connectivity index is 2.69. The van der Waals surface area contributed by atoms with E-state index < -0.39 is 0 Å². The highest BCUT2D eigenvalue weighted by Gasteiger charge is 2.22. The Morgan fingerprint density at radius 1 is 1.27 bits per heavy atom. The van der Waals surface area contributed by atoms with Crippen molar-refractivity contribution < 1.29 is 4.79 Å². The second kappa shape index (κ2) is 3.30. The highest BCUT2D eigenvalue weighted by atomic mass is 16.1. The molecule has 0 unspecified atom stereocenters. The van der Waals surface area contributed by atoms with E-state index in [1.807, 2.05) is 0 Å². The topological polar surface area (TPSA) is 29.4 Å². The van der Waals surface area contributed by atoms with Gasteiger partial charge in [0.2, 0.25) is 0 Å². The van der Waals surface area contributed by atoms with Crippen LogP contribution in [0.5, 0.6) is 0 Å². The van der Waals surface area contributed by atoms with Crippen LogP contribution in [0, 0.1) is 20.8 Å². The minimum atomic E-state index is 0.0695. The van der Waals surface area contributed by atoms with Crippen molar-refractivity contribution in [3.63, 3.8) is 0 Å². The van der Waals surface area contributed by atoms with E-state index >= 15 is 0 Å². The molecule has 2 nitrogen and oxygen atoms in total. The van der Waals surface area contributed by atoms with Crippen molar-refractivity contribution in [2.75, 3.05) is 0 Å². The summed E-state index contributed by atoms with van der Waals surface area (Å²) in [5.41, 5.74) is 6.68. The molecule has 15 heavy (non-hydrogen) atoms. The number of aliphatic imine (C=N–C) groups is 1. The zero-order chi connectivity index (χ0) is 11.2. The van der Waals surface area contributed by atoms with Crippen molar-refractivity contribution in [3.05, 3.63) is 33.9 Å². The number of carbonyl (C=O) groups excluding carboxylic acids is 1. The average Bonchev–Trinajstić information content (AvgIpc) is 2.58. The van der Waals surface area contributed by atoms with Crippen molar-refractivity contribution in [1.82, 2.24) is 0 Å². The van der Waals surface area contributed by atoms with Gasteiger partial charge in [0.25, 0.3) is 0 Å². The zero-order valence-corrected chi connectivity index (χ0v) is 9.64. The van der Waals surface area contributed by atoms with Crippen LogP contribution in [-0.4, -0.2) is 11.5 Å². The van der Waals surface area contributed by atoms with E-state index in [2.05, 4.69) is 31.8 Å². The van der Waals surface area contributed by atoms with Gasteiger partial charge in [-0.1, -0.05) is 6.07 Å². The highest BCUT2D eigenvalue weighted by Crippen LogP contribution is 2.27. The number of aryl methyl sites for hydroxylation is 1. The summed E-state index contributed by atoms with van der Waals surface area (Å²) >= 11 is 0. The number of hydrogen-bond acceptors (Lipinski definition) is 2. The standard InChI is InChI=1S/C13H15NO/c1-7-5-11-6-14-13(10(4)15)12(11)9(3)8(7)2/h5H,6H2,1-4H3. The van der Waals surface area contributed by atoms with E-state index in [1.54, 1.807) is 6.92 Å². The third-order valence-electron chi connectivity index (χ3n) is 3.22. The van der Waals surface area contributed by atoms with Gasteiger partial charge in [-0.05, 0) is 43.0 Å². The van der Waals surface area contributed by atoms with Crippen LogP contribution in [0.25, 0.3) is 0 Å². The van der Waals surface area contributed by atoms with Crippen LogP contribution in [0.2, 0.25) is 0 Å². The molecule has 0 amide bonds. The van der Waals surface area contributed by atoms with E-state index in [9.17, 15) is 4.79 Å². The number of ketones is 1. The first-order chi connectivity index (χ1) is 7.02. The summed E-state index contributed by atoms with van der Waals surface area (Å²) in [6, 6.07) is 2.15. The molecule has 0 atom stereocenters. The number of fused-ring (bicyclic) bond motifs is 1. The van der Waals surface area contributed by atoms with Crippen molar-refractivity contribution in [2.24, 2.45) is 4.99 Å². The minimum absolute atomic E-state index is 0.0695. The van der Waals surface area contributed by atoms with Crippen LogP contribution in [0.15, 0.2) is 11.1 Å². The molecule has 0 saturated heterocycles. The lowest BCUT2D eigenvalue weighted by Gasteiger charge is -2.11. The van der Waals surface area contributed by atoms with Crippen molar-refractivity contribution >= 4 is 11.5 Å². The SMILES string of the molecule is CC(=O)C1=NCc2cc(C)c(C)c(C)c21. The summed E-state index contributed by atoms with van der Waals surface area (Å²) in [5.74, 6) is 0.0695. The van der Waals surface area contributed by atoms with E-state index in [0.29, 0.717) is 12.3 Å². The summed E-state index contributed by atoms with van der Waals surface area (Å²) in [6.07, 6.45) is 0. The molecule has 1 aromatic rings. The molecule has 78 valence electrons. The predicted molar refractivity (Wildman–Crippen MR) is 61.6 cm³/mol. The molecular weight excluding hydrogens is 186 g/mol. The fourth-order valence-corrected chi connectivity index (χ4v) is 2.15. The number of nitrogens with zero attached hydrogens (tertiary/aromatic N) is 1. The van der Waals surface area contributed by atoms with Crippen molar-refractivity contribution in [1.29, 1.82) is 0 Å². The van der Waals surface area contributed by atoms with E-state index in [1.165, 1.54) is 22.3 Å². The summed E-state index contributed by atoms with van der Waals surface area (Å²) in [5, 5.41) is 0.